The maximum Gasteiger partial charge on any atom is 0.289 e. The quantitative estimate of drug-likeness (QED) is 0.629. The third-order valence-electron chi connectivity index (χ3n) is 4.08. The van der Waals surface area contributed by atoms with Gasteiger partial charge in [-0.1, -0.05) is 71.9 Å². The van der Waals surface area contributed by atoms with E-state index < -0.39 is 0 Å². The lowest BCUT2D eigenvalue weighted by atomic mass is 9.73. The van der Waals surface area contributed by atoms with Gasteiger partial charge >= 0.3 is 0 Å². The molecule has 131 valence electrons. The molecule has 0 saturated heterocycles. The van der Waals surface area contributed by atoms with Crippen LogP contribution < -0.4 is 15.8 Å². The van der Waals surface area contributed by atoms with E-state index in [1.54, 1.807) is 11.7 Å². The zero-order valence-corrected chi connectivity index (χ0v) is 15.9. The highest BCUT2D eigenvalue weighted by Gasteiger charge is 2.17. The number of benzene rings is 2. The third-order valence-corrected chi connectivity index (χ3v) is 4.59. The lowest BCUT2D eigenvalue weighted by Crippen LogP contribution is -2.25. The first-order chi connectivity index (χ1) is 12.5. The second-order valence-corrected chi connectivity index (χ2v) is 6.41. The van der Waals surface area contributed by atoms with Gasteiger partial charge in [0.1, 0.15) is 13.0 Å². The van der Waals surface area contributed by atoms with Crippen LogP contribution in [-0.4, -0.2) is 23.9 Å². The molecular formula is C19H16BCl2N2O2. The van der Waals surface area contributed by atoms with Crippen molar-refractivity contribution < 1.29 is 4.74 Å². The summed E-state index contributed by atoms with van der Waals surface area (Å²) in [7, 11) is 3.59. The van der Waals surface area contributed by atoms with Crippen LogP contribution in [0.5, 0.6) is 5.75 Å². The van der Waals surface area contributed by atoms with Crippen LogP contribution in [0.3, 0.4) is 0 Å². The Hall–Kier alpha value is -2.24. The van der Waals surface area contributed by atoms with Crippen molar-refractivity contribution in [1.29, 1.82) is 0 Å². The second-order valence-electron chi connectivity index (χ2n) is 5.70. The number of rotatable bonds is 5. The number of nitrogens with zero attached hydrogens (tertiary/aromatic N) is 2. The first-order valence-electron chi connectivity index (χ1n) is 8.02. The van der Waals surface area contributed by atoms with Gasteiger partial charge in [-0.2, -0.15) is 0 Å². The van der Waals surface area contributed by atoms with Crippen LogP contribution in [0.4, 0.5) is 0 Å². The minimum atomic E-state index is -0.382. The zero-order valence-electron chi connectivity index (χ0n) is 14.4. The molecule has 0 aliphatic carbocycles. The molecule has 0 aliphatic heterocycles. The topological polar surface area (TPSA) is 44.1 Å². The number of halogens is 2. The Balaban J connectivity index is 2.14. The van der Waals surface area contributed by atoms with Crippen molar-refractivity contribution in [1.82, 2.24) is 9.55 Å². The Morgan fingerprint density at radius 3 is 2.50 bits per heavy atom. The Morgan fingerprint density at radius 2 is 1.85 bits per heavy atom. The summed E-state index contributed by atoms with van der Waals surface area (Å²) in [4.78, 5) is 16.7. The van der Waals surface area contributed by atoms with Crippen molar-refractivity contribution in [2.24, 2.45) is 0 Å². The molecule has 26 heavy (non-hydrogen) atoms. The highest BCUT2D eigenvalue weighted by Crippen LogP contribution is 2.26. The van der Waals surface area contributed by atoms with E-state index in [0.29, 0.717) is 12.2 Å². The monoisotopic (exact) mass is 385 g/mol. The predicted octanol–water partition coefficient (Wildman–Crippen LogP) is 3.65. The Bertz CT molecular complexity index is 988. The molecule has 0 unspecified atom stereocenters. The largest absolute Gasteiger partial charge is 0.497 e. The molecule has 3 aromatic rings. The fourth-order valence-corrected chi connectivity index (χ4v) is 3.24. The van der Waals surface area contributed by atoms with Crippen molar-refractivity contribution in [3.63, 3.8) is 0 Å². The maximum atomic E-state index is 12.7. The van der Waals surface area contributed by atoms with Crippen LogP contribution in [0.2, 0.25) is 17.1 Å². The molecule has 2 aromatic carbocycles. The Morgan fingerprint density at radius 1 is 1.12 bits per heavy atom. The Labute approximate surface area is 162 Å². The summed E-state index contributed by atoms with van der Waals surface area (Å²) in [5.74, 6) is 0.748. The van der Waals surface area contributed by atoms with E-state index in [4.69, 9.17) is 27.9 Å². The average molecular weight is 386 g/mol. The predicted molar refractivity (Wildman–Crippen MR) is 107 cm³/mol. The molecule has 0 N–H and O–H groups in total. The van der Waals surface area contributed by atoms with E-state index in [0.717, 1.165) is 22.3 Å². The number of hydrogen-bond donors (Lipinski definition) is 0. The fraction of sp³-hybridized carbons (Fsp3) is 0.158. The summed E-state index contributed by atoms with van der Waals surface area (Å²) in [6.45, 7) is 2.27. The molecule has 0 atom stereocenters. The molecule has 0 spiro atoms. The number of aromatic nitrogens is 2. The molecule has 7 heteroatoms. The number of hydrogen-bond acceptors (Lipinski definition) is 3. The van der Waals surface area contributed by atoms with Crippen LogP contribution >= 0.6 is 23.2 Å². The van der Waals surface area contributed by atoms with Gasteiger partial charge < -0.3 is 4.74 Å². The molecule has 4 nitrogen and oxygen atoms in total. The lowest BCUT2D eigenvalue weighted by molar-refractivity contribution is 0.414. The van der Waals surface area contributed by atoms with Gasteiger partial charge in [0, 0.05) is 5.56 Å². The van der Waals surface area contributed by atoms with Gasteiger partial charge in [-0.05, 0) is 17.7 Å². The van der Waals surface area contributed by atoms with Crippen molar-refractivity contribution in [3.05, 3.63) is 74.8 Å². The smallest absolute Gasteiger partial charge is 0.289 e. The summed E-state index contributed by atoms with van der Waals surface area (Å²) in [5, 5.41) is 0.0434. The van der Waals surface area contributed by atoms with E-state index >= 15 is 0 Å². The zero-order chi connectivity index (χ0) is 18.7. The van der Waals surface area contributed by atoms with Gasteiger partial charge in [-0.3, -0.25) is 9.36 Å². The van der Waals surface area contributed by atoms with Gasteiger partial charge in [-0.15, -0.1) is 0 Å². The summed E-state index contributed by atoms with van der Waals surface area (Å²) in [5.41, 5.74) is 2.91. The normalized spacial score (nSPS) is 10.6. The maximum absolute atomic E-state index is 12.7. The van der Waals surface area contributed by atoms with E-state index in [1.807, 2.05) is 62.6 Å². The summed E-state index contributed by atoms with van der Waals surface area (Å²) >= 11 is 12.4. The molecule has 0 saturated carbocycles. The second kappa shape index (κ2) is 7.98. The molecule has 1 radical (unpaired) electrons. The average Bonchev–Trinajstić information content (AvgIpc) is 2.66. The first-order valence-corrected chi connectivity index (χ1v) is 8.77. The highest BCUT2D eigenvalue weighted by atomic mass is 35.5. The standard InChI is InChI=1S/C19H16BCl2N2O2/c1-20-14-5-3-4-13(10-14)16-17(21)23-18(22)19(25)24(16)11-12-6-8-15(26-2)9-7-12/h3-10H,11H2,1-2H3. The minimum absolute atomic E-state index is 0.148. The van der Waals surface area contributed by atoms with E-state index in [2.05, 4.69) is 4.98 Å². The molecule has 0 aliphatic rings. The molecule has 3 rings (SSSR count). The molecular weight excluding hydrogens is 370 g/mol. The van der Waals surface area contributed by atoms with Gasteiger partial charge in [0.2, 0.25) is 0 Å². The first kappa shape index (κ1) is 18.6. The van der Waals surface area contributed by atoms with Crippen molar-refractivity contribution >= 4 is 35.9 Å². The van der Waals surface area contributed by atoms with Gasteiger partial charge in [0.15, 0.2) is 10.3 Å². The summed E-state index contributed by atoms with van der Waals surface area (Å²) in [6, 6.07) is 15.2. The third kappa shape index (κ3) is 3.79. The van der Waals surface area contributed by atoms with Crippen LogP contribution in [-0.2, 0) is 6.54 Å². The van der Waals surface area contributed by atoms with Crippen molar-refractivity contribution in [3.8, 4) is 17.0 Å². The van der Waals surface area contributed by atoms with Crippen molar-refractivity contribution in [2.75, 3.05) is 7.11 Å². The summed E-state index contributed by atoms with van der Waals surface area (Å²) in [6.07, 6.45) is 0. The van der Waals surface area contributed by atoms with Crippen LogP contribution in [0, 0.1) is 0 Å². The molecule has 0 amide bonds. The highest BCUT2D eigenvalue weighted by molar-refractivity contribution is 6.52. The van der Waals surface area contributed by atoms with E-state index in [-0.39, 0.29) is 15.9 Å². The fourth-order valence-electron chi connectivity index (χ4n) is 2.72. The summed E-state index contributed by atoms with van der Waals surface area (Å²) < 4.78 is 6.73. The van der Waals surface area contributed by atoms with Crippen molar-refractivity contribution in [2.45, 2.75) is 13.4 Å². The van der Waals surface area contributed by atoms with Crippen LogP contribution in [0.25, 0.3) is 11.3 Å². The molecule has 1 heterocycles. The van der Waals surface area contributed by atoms with E-state index in [1.165, 1.54) is 0 Å². The molecule has 1 aromatic heterocycles. The van der Waals surface area contributed by atoms with Gasteiger partial charge in [0.05, 0.1) is 19.3 Å². The SMILES string of the molecule is C[B]c1cccc(-c2c(Cl)nc(Cl)c(=O)n2Cc2ccc(OC)cc2)c1. The van der Waals surface area contributed by atoms with Crippen LogP contribution in [0.15, 0.2) is 53.3 Å². The molecule has 0 bridgehead atoms. The van der Waals surface area contributed by atoms with Gasteiger partial charge in [-0.25, -0.2) is 4.98 Å². The Kier molecular flexibility index (Phi) is 5.69. The number of ether oxygens (including phenoxy) is 1. The van der Waals surface area contributed by atoms with Gasteiger partial charge in [0.25, 0.3) is 5.56 Å². The number of methoxy groups -OCH3 is 1. The molecule has 0 fully saturated rings. The minimum Gasteiger partial charge on any atom is -0.497 e. The van der Waals surface area contributed by atoms with E-state index in [9.17, 15) is 4.79 Å². The lowest BCUT2D eigenvalue weighted by Gasteiger charge is -2.15. The van der Waals surface area contributed by atoms with Crippen LogP contribution in [0.1, 0.15) is 5.56 Å².